The van der Waals surface area contributed by atoms with Gasteiger partial charge >= 0.3 is 0 Å². The van der Waals surface area contributed by atoms with Crippen molar-refractivity contribution in [2.24, 2.45) is 5.73 Å². The van der Waals surface area contributed by atoms with Crippen molar-refractivity contribution in [3.63, 3.8) is 0 Å². The highest BCUT2D eigenvalue weighted by atomic mass is 16.2. The molecule has 4 heteroatoms. The molecule has 0 unspecified atom stereocenters. The van der Waals surface area contributed by atoms with Crippen LogP contribution in [-0.4, -0.2) is 36.5 Å². The minimum Gasteiger partial charge on any atom is -0.326 e. The Balaban J connectivity index is 1.83. The Morgan fingerprint density at radius 3 is 2.72 bits per heavy atom. The van der Waals surface area contributed by atoms with Crippen LogP contribution >= 0.6 is 0 Å². The molecule has 0 bridgehead atoms. The van der Waals surface area contributed by atoms with E-state index in [4.69, 9.17) is 5.73 Å². The zero-order valence-corrected chi connectivity index (χ0v) is 10.9. The Kier molecular flexibility index (Phi) is 4.33. The maximum atomic E-state index is 11.8. The molecule has 1 heterocycles. The smallest absolute Gasteiger partial charge is 0.238 e. The van der Waals surface area contributed by atoms with Crippen LogP contribution in [0.3, 0.4) is 0 Å². The number of rotatable bonds is 4. The van der Waals surface area contributed by atoms with Gasteiger partial charge in [0.25, 0.3) is 0 Å². The number of amides is 1. The summed E-state index contributed by atoms with van der Waals surface area (Å²) in [6.45, 7) is 4.29. The molecule has 1 fully saturated rings. The van der Waals surface area contributed by atoms with Gasteiger partial charge in [-0.25, -0.2) is 0 Å². The number of nitrogens with one attached hydrogen (secondary N) is 1. The fraction of sp³-hybridized carbons (Fsp3) is 0.500. The molecule has 0 aromatic heterocycles. The number of aryl methyl sites for hydroxylation is 1. The lowest BCUT2D eigenvalue weighted by atomic mass is 10.1. The highest BCUT2D eigenvalue weighted by molar-refractivity contribution is 5.92. The summed E-state index contributed by atoms with van der Waals surface area (Å²) in [7, 11) is 0. The van der Waals surface area contributed by atoms with Gasteiger partial charge in [-0.2, -0.15) is 0 Å². The molecule has 1 aliphatic heterocycles. The van der Waals surface area contributed by atoms with Crippen LogP contribution in [0.5, 0.6) is 0 Å². The Morgan fingerprint density at radius 1 is 1.44 bits per heavy atom. The molecule has 1 atom stereocenters. The largest absolute Gasteiger partial charge is 0.326 e. The number of anilines is 1. The third-order valence-electron chi connectivity index (χ3n) is 3.32. The van der Waals surface area contributed by atoms with Crippen molar-refractivity contribution in [1.82, 2.24) is 4.90 Å². The fourth-order valence-electron chi connectivity index (χ4n) is 2.23. The summed E-state index contributed by atoms with van der Waals surface area (Å²) in [5.41, 5.74) is 7.95. The summed E-state index contributed by atoms with van der Waals surface area (Å²) in [6, 6.07) is 8.21. The van der Waals surface area contributed by atoms with E-state index in [0.29, 0.717) is 6.54 Å². The quantitative estimate of drug-likeness (QED) is 0.841. The van der Waals surface area contributed by atoms with Crippen LogP contribution in [0, 0.1) is 0 Å². The third-order valence-corrected chi connectivity index (χ3v) is 3.32. The average molecular weight is 247 g/mol. The van der Waals surface area contributed by atoms with Crippen molar-refractivity contribution in [2.45, 2.75) is 25.8 Å². The van der Waals surface area contributed by atoms with E-state index in [1.807, 2.05) is 24.3 Å². The van der Waals surface area contributed by atoms with Crippen LogP contribution in [0.15, 0.2) is 24.3 Å². The molecular weight excluding hydrogens is 226 g/mol. The fourth-order valence-corrected chi connectivity index (χ4v) is 2.23. The summed E-state index contributed by atoms with van der Waals surface area (Å²) in [5.74, 6) is 0.0355. The van der Waals surface area contributed by atoms with Crippen LogP contribution in [-0.2, 0) is 11.2 Å². The molecule has 2 rings (SSSR count). The molecule has 98 valence electrons. The number of carbonyl (C=O) groups is 1. The van der Waals surface area contributed by atoms with E-state index in [-0.39, 0.29) is 11.9 Å². The van der Waals surface area contributed by atoms with Gasteiger partial charge < -0.3 is 11.1 Å². The lowest BCUT2D eigenvalue weighted by Crippen LogP contribution is -2.33. The second kappa shape index (κ2) is 5.98. The predicted molar refractivity (Wildman–Crippen MR) is 73.5 cm³/mol. The minimum atomic E-state index is 0.0355. The summed E-state index contributed by atoms with van der Waals surface area (Å²) in [4.78, 5) is 13.9. The van der Waals surface area contributed by atoms with Crippen molar-refractivity contribution in [2.75, 3.05) is 25.0 Å². The van der Waals surface area contributed by atoms with Gasteiger partial charge in [-0.3, -0.25) is 9.69 Å². The van der Waals surface area contributed by atoms with E-state index in [1.165, 1.54) is 5.56 Å². The van der Waals surface area contributed by atoms with Crippen LogP contribution in [0.25, 0.3) is 0 Å². The highest BCUT2D eigenvalue weighted by Gasteiger charge is 2.20. The van der Waals surface area contributed by atoms with Crippen LogP contribution < -0.4 is 11.1 Å². The Morgan fingerprint density at radius 2 is 2.17 bits per heavy atom. The number of nitrogens with two attached hydrogens (primary N) is 1. The molecule has 1 aliphatic rings. The number of benzene rings is 1. The predicted octanol–water partition coefficient (Wildman–Crippen LogP) is 1.22. The normalized spacial score (nSPS) is 20.0. The molecule has 1 aromatic carbocycles. The first-order valence-electron chi connectivity index (χ1n) is 6.54. The van der Waals surface area contributed by atoms with E-state index < -0.39 is 0 Å². The van der Waals surface area contributed by atoms with Gasteiger partial charge in [-0.15, -0.1) is 0 Å². The number of likely N-dealkylation sites (tertiary alicyclic amines) is 1. The molecule has 1 saturated heterocycles. The standard InChI is InChI=1S/C14H21N3O/c1-2-11-3-5-13(6-4-11)16-14(18)10-17-8-7-12(15)9-17/h3-6,12H,2,7-10,15H2,1H3,(H,16,18)/t12-/m1/s1. The summed E-state index contributed by atoms with van der Waals surface area (Å²) in [6.07, 6.45) is 2.00. The van der Waals surface area contributed by atoms with Crippen LogP contribution in [0.1, 0.15) is 18.9 Å². The summed E-state index contributed by atoms with van der Waals surface area (Å²) in [5, 5.41) is 2.91. The Labute approximate surface area is 108 Å². The summed E-state index contributed by atoms with van der Waals surface area (Å²) >= 11 is 0. The van der Waals surface area contributed by atoms with Crippen molar-refractivity contribution >= 4 is 11.6 Å². The van der Waals surface area contributed by atoms with Gasteiger partial charge in [0.2, 0.25) is 5.91 Å². The zero-order valence-electron chi connectivity index (χ0n) is 10.9. The first-order chi connectivity index (χ1) is 8.67. The monoisotopic (exact) mass is 247 g/mol. The molecule has 0 saturated carbocycles. The lowest BCUT2D eigenvalue weighted by Gasteiger charge is -2.14. The first kappa shape index (κ1) is 13.1. The second-order valence-electron chi connectivity index (χ2n) is 4.88. The summed E-state index contributed by atoms with van der Waals surface area (Å²) < 4.78 is 0. The molecule has 0 spiro atoms. The van der Waals surface area contributed by atoms with Gasteiger partial charge in [0.15, 0.2) is 0 Å². The van der Waals surface area contributed by atoms with Crippen molar-refractivity contribution < 1.29 is 4.79 Å². The van der Waals surface area contributed by atoms with E-state index in [1.54, 1.807) is 0 Å². The van der Waals surface area contributed by atoms with E-state index >= 15 is 0 Å². The van der Waals surface area contributed by atoms with Gasteiger partial charge in [-0.05, 0) is 30.5 Å². The van der Waals surface area contributed by atoms with E-state index in [0.717, 1.165) is 31.6 Å². The average Bonchev–Trinajstić information content (AvgIpc) is 2.75. The molecule has 1 aromatic rings. The SMILES string of the molecule is CCc1ccc(NC(=O)CN2CC[C@@H](N)C2)cc1. The third kappa shape index (κ3) is 3.55. The molecule has 4 nitrogen and oxygen atoms in total. The van der Waals surface area contributed by atoms with Crippen molar-refractivity contribution in [3.05, 3.63) is 29.8 Å². The molecule has 1 amide bonds. The Bertz CT molecular complexity index is 402. The highest BCUT2D eigenvalue weighted by Crippen LogP contribution is 2.11. The number of nitrogens with zero attached hydrogens (tertiary/aromatic N) is 1. The molecule has 18 heavy (non-hydrogen) atoms. The molecular formula is C14H21N3O. The van der Waals surface area contributed by atoms with Gasteiger partial charge in [0, 0.05) is 24.8 Å². The maximum absolute atomic E-state index is 11.8. The topological polar surface area (TPSA) is 58.4 Å². The maximum Gasteiger partial charge on any atom is 0.238 e. The molecule has 0 radical (unpaired) electrons. The minimum absolute atomic E-state index is 0.0355. The van der Waals surface area contributed by atoms with E-state index in [9.17, 15) is 4.79 Å². The number of hydrogen-bond donors (Lipinski definition) is 2. The van der Waals surface area contributed by atoms with Gasteiger partial charge in [0.05, 0.1) is 6.54 Å². The van der Waals surface area contributed by atoms with Gasteiger partial charge in [-0.1, -0.05) is 19.1 Å². The van der Waals surface area contributed by atoms with Crippen LogP contribution in [0.2, 0.25) is 0 Å². The van der Waals surface area contributed by atoms with Crippen molar-refractivity contribution in [3.8, 4) is 0 Å². The lowest BCUT2D eigenvalue weighted by molar-refractivity contribution is -0.117. The molecule has 0 aliphatic carbocycles. The van der Waals surface area contributed by atoms with Crippen LogP contribution in [0.4, 0.5) is 5.69 Å². The van der Waals surface area contributed by atoms with E-state index in [2.05, 4.69) is 17.1 Å². The Hall–Kier alpha value is -1.39. The first-order valence-corrected chi connectivity index (χ1v) is 6.54. The number of carbonyl (C=O) groups excluding carboxylic acids is 1. The van der Waals surface area contributed by atoms with Gasteiger partial charge in [0.1, 0.15) is 0 Å². The number of hydrogen-bond acceptors (Lipinski definition) is 3. The second-order valence-corrected chi connectivity index (χ2v) is 4.88. The zero-order chi connectivity index (χ0) is 13.0. The van der Waals surface area contributed by atoms with Crippen molar-refractivity contribution in [1.29, 1.82) is 0 Å². The molecule has 3 N–H and O–H groups in total.